The predicted octanol–water partition coefficient (Wildman–Crippen LogP) is 2.51. The van der Waals surface area contributed by atoms with Crippen molar-refractivity contribution in [1.29, 1.82) is 0 Å². The number of aliphatic hydroxyl groups excluding tert-OH is 1. The molecule has 1 fully saturated rings. The number of ether oxygens (including phenoxy) is 1. The van der Waals surface area contributed by atoms with Crippen LogP contribution in [0.2, 0.25) is 0 Å². The molecule has 2 aromatic rings. The molecule has 0 saturated carbocycles. The first-order valence-electron chi connectivity index (χ1n) is 9.14. The van der Waals surface area contributed by atoms with Crippen LogP contribution in [0, 0.1) is 0 Å². The minimum Gasteiger partial charge on any atom is -0.485 e. The summed E-state index contributed by atoms with van der Waals surface area (Å²) in [6.45, 7) is 4.21. The van der Waals surface area contributed by atoms with Gasteiger partial charge in [0.1, 0.15) is 17.5 Å². The molecule has 2 aliphatic rings. The number of rotatable bonds is 3. The predicted molar refractivity (Wildman–Crippen MR) is 98.5 cm³/mol. The van der Waals surface area contributed by atoms with E-state index in [1.54, 1.807) is 41.4 Å². The van der Waals surface area contributed by atoms with Crippen LogP contribution in [0.15, 0.2) is 42.7 Å². The lowest BCUT2D eigenvalue weighted by atomic mass is 9.84. The zero-order valence-electron chi connectivity index (χ0n) is 15.4. The van der Waals surface area contributed by atoms with E-state index in [1.165, 1.54) is 6.20 Å². The van der Waals surface area contributed by atoms with E-state index >= 15 is 0 Å². The monoisotopic (exact) mass is 366 g/mol. The molecule has 0 spiro atoms. The van der Waals surface area contributed by atoms with E-state index in [9.17, 15) is 14.7 Å². The number of amides is 1. The maximum atomic E-state index is 12.8. The normalized spacial score (nSPS) is 23.7. The van der Waals surface area contributed by atoms with E-state index in [0.29, 0.717) is 35.4 Å². The molecule has 140 valence electrons. The van der Waals surface area contributed by atoms with Crippen LogP contribution >= 0.6 is 0 Å². The minimum atomic E-state index is -0.893. The van der Waals surface area contributed by atoms with Crippen molar-refractivity contribution in [2.45, 2.75) is 44.4 Å². The number of benzene rings is 1. The van der Waals surface area contributed by atoms with Crippen LogP contribution in [0.1, 0.15) is 54.2 Å². The van der Waals surface area contributed by atoms with Gasteiger partial charge in [0.05, 0.1) is 6.04 Å². The van der Waals surface area contributed by atoms with Crippen molar-refractivity contribution in [2.75, 3.05) is 6.54 Å². The van der Waals surface area contributed by atoms with E-state index in [0.717, 1.165) is 6.42 Å². The Hall–Kier alpha value is -2.73. The van der Waals surface area contributed by atoms with E-state index in [2.05, 4.69) is 4.98 Å². The van der Waals surface area contributed by atoms with Crippen LogP contribution in [0.4, 0.5) is 0 Å². The lowest BCUT2D eigenvalue weighted by Crippen LogP contribution is -2.53. The van der Waals surface area contributed by atoms with Crippen LogP contribution in [0.25, 0.3) is 0 Å². The van der Waals surface area contributed by atoms with Gasteiger partial charge in [-0.05, 0) is 50.6 Å². The number of aromatic nitrogens is 1. The SMILES string of the molecule is CC1(C)Oc2ccc(C(=O)c3cccnc3)cc2[C@@H](N2CCCC2=O)[C@@H]1O. The molecular formula is C21H22N2O4. The molecule has 0 radical (unpaired) electrons. The van der Waals surface area contributed by atoms with Gasteiger partial charge in [0, 0.05) is 42.0 Å². The summed E-state index contributed by atoms with van der Waals surface area (Å²) in [6, 6.07) is 8.10. The average molecular weight is 366 g/mol. The Bertz CT molecular complexity index is 894. The van der Waals surface area contributed by atoms with Gasteiger partial charge >= 0.3 is 0 Å². The van der Waals surface area contributed by atoms with Gasteiger partial charge in [0.15, 0.2) is 5.78 Å². The fourth-order valence-corrected chi connectivity index (χ4v) is 3.87. The highest BCUT2D eigenvalue weighted by atomic mass is 16.5. The first-order valence-corrected chi connectivity index (χ1v) is 9.14. The summed E-state index contributed by atoms with van der Waals surface area (Å²) in [4.78, 5) is 30.9. The fourth-order valence-electron chi connectivity index (χ4n) is 3.87. The van der Waals surface area contributed by atoms with E-state index < -0.39 is 17.7 Å². The Kier molecular flexibility index (Phi) is 4.23. The molecule has 0 unspecified atom stereocenters. The van der Waals surface area contributed by atoms with Crippen molar-refractivity contribution < 1.29 is 19.4 Å². The first-order chi connectivity index (χ1) is 12.9. The van der Waals surface area contributed by atoms with E-state index in [1.807, 2.05) is 13.8 Å². The molecule has 1 aromatic heterocycles. The zero-order valence-corrected chi connectivity index (χ0v) is 15.4. The minimum absolute atomic E-state index is 0.0201. The fraction of sp³-hybridized carbons (Fsp3) is 0.381. The van der Waals surface area contributed by atoms with E-state index in [-0.39, 0.29) is 11.7 Å². The lowest BCUT2D eigenvalue weighted by molar-refractivity contribution is -0.139. The van der Waals surface area contributed by atoms with Gasteiger partial charge in [-0.25, -0.2) is 0 Å². The van der Waals surface area contributed by atoms with Crippen LogP contribution < -0.4 is 4.74 Å². The molecule has 3 heterocycles. The summed E-state index contributed by atoms with van der Waals surface area (Å²) in [7, 11) is 0. The third-order valence-electron chi connectivity index (χ3n) is 5.34. The van der Waals surface area contributed by atoms with Gasteiger partial charge in [0.2, 0.25) is 5.91 Å². The van der Waals surface area contributed by atoms with Crippen molar-refractivity contribution in [3.8, 4) is 5.75 Å². The smallest absolute Gasteiger partial charge is 0.223 e. The van der Waals surface area contributed by atoms with Crippen LogP contribution in [0.3, 0.4) is 0 Å². The number of aliphatic hydroxyl groups is 1. The van der Waals surface area contributed by atoms with Gasteiger partial charge in [-0.15, -0.1) is 0 Å². The molecule has 6 heteroatoms. The molecule has 1 N–H and O–H groups in total. The topological polar surface area (TPSA) is 79.7 Å². The molecule has 2 aliphatic heterocycles. The summed E-state index contributed by atoms with van der Waals surface area (Å²) in [5.74, 6) is 0.459. The third kappa shape index (κ3) is 3.00. The highest BCUT2D eigenvalue weighted by molar-refractivity contribution is 6.09. The average Bonchev–Trinajstić information content (AvgIpc) is 3.08. The van der Waals surface area contributed by atoms with Gasteiger partial charge in [-0.1, -0.05) is 0 Å². The summed E-state index contributed by atoms with van der Waals surface area (Å²) < 4.78 is 5.99. The summed E-state index contributed by atoms with van der Waals surface area (Å²) in [5.41, 5.74) is 0.805. The highest BCUT2D eigenvalue weighted by Gasteiger charge is 2.47. The number of hydrogen-bond donors (Lipinski definition) is 1. The standard InChI is InChI=1S/C21H22N2O4/c1-21(2)20(26)18(23-10-4-6-17(23)24)15-11-13(7-8-16(15)27-21)19(25)14-5-3-9-22-12-14/h3,5,7-9,11-12,18,20,26H,4,6,10H2,1-2H3/t18-,20+/m1/s1. The molecule has 2 atom stereocenters. The van der Waals surface area contributed by atoms with Crippen LogP contribution in [-0.2, 0) is 4.79 Å². The highest BCUT2D eigenvalue weighted by Crippen LogP contribution is 2.44. The zero-order chi connectivity index (χ0) is 19.2. The maximum Gasteiger partial charge on any atom is 0.223 e. The number of fused-ring (bicyclic) bond motifs is 1. The molecule has 6 nitrogen and oxygen atoms in total. The van der Waals surface area contributed by atoms with Crippen molar-refractivity contribution in [1.82, 2.24) is 9.88 Å². The number of nitrogens with zero attached hydrogens (tertiary/aromatic N) is 2. The molecule has 0 bridgehead atoms. The van der Waals surface area contributed by atoms with Gasteiger partial charge in [-0.2, -0.15) is 0 Å². The van der Waals surface area contributed by atoms with Gasteiger partial charge in [0.25, 0.3) is 0 Å². The van der Waals surface area contributed by atoms with E-state index in [4.69, 9.17) is 4.74 Å². The number of ketones is 1. The number of likely N-dealkylation sites (tertiary alicyclic amines) is 1. The Labute approximate surface area is 157 Å². The third-order valence-corrected chi connectivity index (χ3v) is 5.34. The maximum absolute atomic E-state index is 12.8. The number of carbonyl (C=O) groups excluding carboxylic acids is 2. The molecule has 1 saturated heterocycles. The van der Waals surface area contributed by atoms with Crippen molar-refractivity contribution in [3.05, 3.63) is 59.4 Å². The van der Waals surface area contributed by atoms with Crippen LogP contribution in [-0.4, -0.2) is 44.9 Å². The molecule has 0 aliphatic carbocycles. The Morgan fingerprint density at radius 3 is 2.78 bits per heavy atom. The summed E-state index contributed by atoms with van der Waals surface area (Å²) >= 11 is 0. The van der Waals surface area contributed by atoms with Gasteiger partial charge in [-0.3, -0.25) is 14.6 Å². The second kappa shape index (κ2) is 6.46. The lowest BCUT2D eigenvalue weighted by Gasteiger charge is -2.45. The Morgan fingerprint density at radius 2 is 2.11 bits per heavy atom. The largest absolute Gasteiger partial charge is 0.485 e. The quantitative estimate of drug-likeness (QED) is 0.845. The van der Waals surface area contributed by atoms with Gasteiger partial charge < -0.3 is 14.7 Å². The summed E-state index contributed by atoms with van der Waals surface area (Å²) in [5, 5.41) is 11.0. The van der Waals surface area contributed by atoms with Crippen LogP contribution in [0.5, 0.6) is 5.75 Å². The molecule has 27 heavy (non-hydrogen) atoms. The van der Waals surface area contributed by atoms with Crippen molar-refractivity contribution in [2.24, 2.45) is 0 Å². The Balaban J connectivity index is 1.79. The first kappa shape index (κ1) is 17.7. The summed E-state index contributed by atoms with van der Waals surface area (Å²) in [6.07, 6.45) is 3.50. The Morgan fingerprint density at radius 1 is 1.30 bits per heavy atom. The molecular weight excluding hydrogens is 344 g/mol. The van der Waals surface area contributed by atoms with Crippen molar-refractivity contribution in [3.63, 3.8) is 0 Å². The van der Waals surface area contributed by atoms with Crippen molar-refractivity contribution >= 4 is 11.7 Å². The molecule has 4 rings (SSSR count). The molecule has 1 amide bonds. The molecule has 1 aromatic carbocycles. The second-order valence-corrected chi connectivity index (χ2v) is 7.61. The number of hydrogen-bond acceptors (Lipinski definition) is 5. The number of carbonyl (C=O) groups is 2. The number of pyridine rings is 1. The second-order valence-electron chi connectivity index (χ2n) is 7.61.